The number of benzene rings is 2. The van der Waals surface area contributed by atoms with E-state index in [0.717, 1.165) is 26.7 Å². The third-order valence-electron chi connectivity index (χ3n) is 4.40. The predicted molar refractivity (Wildman–Crippen MR) is 107 cm³/mol. The van der Waals surface area contributed by atoms with E-state index in [1.807, 2.05) is 48.2 Å². The minimum absolute atomic E-state index is 0.139. The van der Waals surface area contributed by atoms with E-state index in [1.54, 1.807) is 11.3 Å². The lowest BCUT2D eigenvalue weighted by Crippen LogP contribution is -2.40. The Morgan fingerprint density at radius 2 is 2.16 bits per heavy atom. The standard InChI is InChI=1S/C19H17ClN2OS2/c1-11-9-13-5-3-4-6-16(13)22(11)18(23)12(2)24-19-21-15-10-14(20)7-8-17(15)25-19/h3-8,10-12H,9H2,1-2H3/t11-,12-/m1/s1. The fraction of sp³-hybridized carbons (Fsp3) is 0.263. The highest BCUT2D eigenvalue weighted by Gasteiger charge is 2.33. The van der Waals surface area contributed by atoms with E-state index in [2.05, 4.69) is 18.0 Å². The molecule has 1 aromatic heterocycles. The van der Waals surface area contributed by atoms with Crippen LogP contribution in [-0.4, -0.2) is 22.2 Å². The van der Waals surface area contributed by atoms with Gasteiger partial charge in [0.1, 0.15) is 0 Å². The first kappa shape index (κ1) is 16.9. The van der Waals surface area contributed by atoms with Crippen molar-refractivity contribution < 1.29 is 4.79 Å². The Bertz CT molecular complexity index is 956. The molecule has 128 valence electrons. The fourth-order valence-corrected chi connectivity index (χ4v) is 5.64. The lowest BCUT2D eigenvalue weighted by Gasteiger charge is -2.25. The quantitative estimate of drug-likeness (QED) is 0.562. The molecular formula is C19H17ClN2OS2. The first-order valence-corrected chi connectivity index (χ1v) is 10.2. The van der Waals surface area contributed by atoms with E-state index < -0.39 is 0 Å². The summed E-state index contributed by atoms with van der Waals surface area (Å²) in [6, 6.07) is 14.1. The summed E-state index contributed by atoms with van der Waals surface area (Å²) in [7, 11) is 0. The van der Waals surface area contributed by atoms with Gasteiger partial charge in [0.2, 0.25) is 5.91 Å². The summed E-state index contributed by atoms with van der Waals surface area (Å²) in [5.41, 5.74) is 3.18. The Morgan fingerprint density at radius 1 is 1.36 bits per heavy atom. The second-order valence-corrected chi connectivity index (χ2v) is 9.30. The van der Waals surface area contributed by atoms with Crippen LogP contribution in [0.25, 0.3) is 10.2 Å². The molecule has 3 aromatic rings. The number of thioether (sulfide) groups is 1. The molecule has 2 heterocycles. The smallest absolute Gasteiger partial charge is 0.240 e. The minimum Gasteiger partial charge on any atom is -0.308 e. The van der Waals surface area contributed by atoms with Gasteiger partial charge in [-0.15, -0.1) is 11.3 Å². The predicted octanol–water partition coefficient (Wildman–Crippen LogP) is 5.41. The van der Waals surface area contributed by atoms with Gasteiger partial charge in [-0.2, -0.15) is 0 Å². The molecule has 0 unspecified atom stereocenters. The normalized spacial score (nSPS) is 17.7. The third-order valence-corrected chi connectivity index (χ3v) is 6.85. The van der Waals surface area contributed by atoms with Gasteiger partial charge in [-0.25, -0.2) is 4.98 Å². The van der Waals surface area contributed by atoms with Crippen molar-refractivity contribution in [2.45, 2.75) is 35.9 Å². The molecule has 0 saturated heterocycles. The average molecular weight is 389 g/mol. The van der Waals surface area contributed by atoms with Crippen LogP contribution in [0.5, 0.6) is 0 Å². The summed E-state index contributed by atoms with van der Waals surface area (Å²) in [6.07, 6.45) is 0.916. The van der Waals surface area contributed by atoms with Crippen LogP contribution in [0.3, 0.4) is 0 Å². The number of nitrogens with zero attached hydrogens (tertiary/aromatic N) is 2. The second kappa shape index (κ2) is 6.63. The number of rotatable bonds is 3. The first-order valence-electron chi connectivity index (χ1n) is 8.16. The number of hydrogen-bond donors (Lipinski definition) is 0. The molecule has 0 radical (unpaired) electrons. The Balaban J connectivity index is 1.56. The zero-order chi connectivity index (χ0) is 17.6. The van der Waals surface area contributed by atoms with Gasteiger partial charge in [-0.05, 0) is 50.1 Å². The van der Waals surface area contributed by atoms with Gasteiger partial charge in [0.15, 0.2) is 4.34 Å². The van der Waals surface area contributed by atoms with Gasteiger partial charge in [-0.3, -0.25) is 4.79 Å². The molecule has 0 N–H and O–H groups in total. The van der Waals surface area contributed by atoms with Gasteiger partial charge >= 0.3 is 0 Å². The van der Waals surface area contributed by atoms with Crippen molar-refractivity contribution in [3.8, 4) is 0 Å². The van der Waals surface area contributed by atoms with Crippen LogP contribution < -0.4 is 4.90 Å². The molecule has 1 aliphatic rings. The van der Waals surface area contributed by atoms with Crippen molar-refractivity contribution >= 4 is 56.5 Å². The van der Waals surface area contributed by atoms with E-state index in [1.165, 1.54) is 17.3 Å². The Kier molecular flexibility index (Phi) is 4.48. The molecule has 3 nitrogen and oxygen atoms in total. The van der Waals surface area contributed by atoms with Crippen molar-refractivity contribution in [3.63, 3.8) is 0 Å². The van der Waals surface area contributed by atoms with Gasteiger partial charge < -0.3 is 4.90 Å². The number of amides is 1. The van der Waals surface area contributed by atoms with Crippen LogP contribution in [0.15, 0.2) is 46.8 Å². The number of carbonyl (C=O) groups is 1. The van der Waals surface area contributed by atoms with Gasteiger partial charge in [0.25, 0.3) is 0 Å². The molecule has 0 saturated carbocycles. The van der Waals surface area contributed by atoms with Crippen LogP contribution in [0.2, 0.25) is 5.02 Å². The Hall–Kier alpha value is -1.56. The zero-order valence-corrected chi connectivity index (χ0v) is 16.3. The highest BCUT2D eigenvalue weighted by Crippen LogP contribution is 2.37. The van der Waals surface area contributed by atoms with Crippen molar-refractivity contribution in [2.24, 2.45) is 0 Å². The lowest BCUT2D eigenvalue weighted by molar-refractivity contribution is -0.118. The molecule has 6 heteroatoms. The largest absolute Gasteiger partial charge is 0.308 e. The summed E-state index contributed by atoms with van der Waals surface area (Å²) >= 11 is 9.15. The number of halogens is 1. The number of aromatic nitrogens is 1. The topological polar surface area (TPSA) is 33.2 Å². The molecule has 2 atom stereocenters. The molecule has 0 fully saturated rings. The van der Waals surface area contributed by atoms with Crippen LogP contribution in [0.4, 0.5) is 5.69 Å². The van der Waals surface area contributed by atoms with Crippen molar-refractivity contribution in [3.05, 3.63) is 53.1 Å². The maximum absolute atomic E-state index is 13.1. The van der Waals surface area contributed by atoms with E-state index in [-0.39, 0.29) is 17.2 Å². The van der Waals surface area contributed by atoms with Crippen LogP contribution >= 0.6 is 34.7 Å². The second-order valence-electron chi connectivity index (χ2n) is 6.24. The number of thiazole rings is 1. The van der Waals surface area contributed by atoms with Crippen LogP contribution in [0, 0.1) is 0 Å². The van der Waals surface area contributed by atoms with Crippen molar-refractivity contribution in [1.29, 1.82) is 0 Å². The van der Waals surface area contributed by atoms with E-state index in [9.17, 15) is 4.79 Å². The monoisotopic (exact) mass is 388 g/mol. The van der Waals surface area contributed by atoms with E-state index in [0.29, 0.717) is 5.02 Å². The molecule has 25 heavy (non-hydrogen) atoms. The zero-order valence-electron chi connectivity index (χ0n) is 13.9. The SMILES string of the molecule is C[C@@H]1Cc2ccccc2N1C(=O)[C@@H](C)Sc1nc2cc(Cl)ccc2s1. The summed E-state index contributed by atoms with van der Waals surface area (Å²) in [6.45, 7) is 4.06. The highest BCUT2D eigenvalue weighted by atomic mass is 35.5. The summed E-state index contributed by atoms with van der Waals surface area (Å²) in [5.74, 6) is 0.139. The molecule has 1 amide bonds. The van der Waals surface area contributed by atoms with Crippen LogP contribution in [-0.2, 0) is 11.2 Å². The maximum atomic E-state index is 13.1. The number of carbonyl (C=O) groups excluding carboxylic acids is 1. The number of para-hydroxylation sites is 1. The number of hydrogen-bond acceptors (Lipinski definition) is 4. The lowest BCUT2D eigenvalue weighted by atomic mass is 10.1. The molecular weight excluding hydrogens is 372 g/mol. The molecule has 2 aromatic carbocycles. The summed E-state index contributed by atoms with van der Waals surface area (Å²) < 4.78 is 1.99. The number of anilines is 1. The Labute approximate surface area is 160 Å². The number of fused-ring (bicyclic) bond motifs is 2. The fourth-order valence-electron chi connectivity index (χ4n) is 3.23. The molecule has 0 spiro atoms. The molecule has 4 rings (SSSR count). The van der Waals surface area contributed by atoms with Gasteiger partial charge in [0, 0.05) is 16.8 Å². The van der Waals surface area contributed by atoms with Crippen LogP contribution in [0.1, 0.15) is 19.4 Å². The van der Waals surface area contributed by atoms with E-state index >= 15 is 0 Å². The maximum Gasteiger partial charge on any atom is 0.240 e. The van der Waals surface area contributed by atoms with Crippen molar-refractivity contribution in [1.82, 2.24) is 4.98 Å². The average Bonchev–Trinajstić information content (AvgIpc) is 3.12. The van der Waals surface area contributed by atoms with Gasteiger partial charge in [-0.1, -0.05) is 41.6 Å². The third kappa shape index (κ3) is 3.16. The van der Waals surface area contributed by atoms with Gasteiger partial charge in [0.05, 0.1) is 15.5 Å². The molecule has 1 aliphatic heterocycles. The van der Waals surface area contributed by atoms with E-state index in [4.69, 9.17) is 11.6 Å². The molecule has 0 bridgehead atoms. The Morgan fingerprint density at radius 3 is 3.00 bits per heavy atom. The molecule has 0 aliphatic carbocycles. The first-order chi connectivity index (χ1) is 12.0. The summed E-state index contributed by atoms with van der Waals surface area (Å²) in [5, 5.41) is 0.491. The summed E-state index contributed by atoms with van der Waals surface area (Å²) in [4.78, 5) is 19.6. The van der Waals surface area contributed by atoms with Crippen molar-refractivity contribution in [2.75, 3.05) is 4.90 Å². The minimum atomic E-state index is -0.190. The highest BCUT2D eigenvalue weighted by molar-refractivity contribution is 8.02.